The van der Waals surface area contributed by atoms with Crippen molar-refractivity contribution in [3.05, 3.63) is 29.3 Å². The molecule has 24 heavy (non-hydrogen) atoms. The highest BCUT2D eigenvalue weighted by molar-refractivity contribution is 7.18. The number of ether oxygens (including phenoxy) is 1. The number of hydrogen-bond acceptors (Lipinski definition) is 6. The summed E-state index contributed by atoms with van der Waals surface area (Å²) in [7, 11) is 0. The third-order valence-corrected chi connectivity index (χ3v) is 5.73. The Labute approximate surface area is 144 Å². The Hall–Kier alpha value is -1.83. The maximum Gasteiger partial charge on any atom is 0.169 e. The molecule has 1 atom stereocenters. The summed E-state index contributed by atoms with van der Waals surface area (Å²) in [5, 5.41) is 9.20. The van der Waals surface area contributed by atoms with Gasteiger partial charge < -0.3 is 9.64 Å². The molecule has 1 aromatic carbocycles. The molecule has 4 rings (SSSR count). The van der Waals surface area contributed by atoms with Crippen LogP contribution >= 0.6 is 11.3 Å². The molecule has 2 fully saturated rings. The highest BCUT2D eigenvalue weighted by Gasteiger charge is 2.39. The zero-order valence-electron chi connectivity index (χ0n) is 13.4. The van der Waals surface area contributed by atoms with Gasteiger partial charge in [0.15, 0.2) is 5.78 Å². The number of thiazole rings is 1. The van der Waals surface area contributed by atoms with E-state index in [-0.39, 0.29) is 5.78 Å². The largest absolute Gasteiger partial charge is 0.379 e. The first-order valence-corrected chi connectivity index (χ1v) is 9.06. The SMILES string of the molecule is N=C1C(c2nc3ccccc3s2)C(=O)CN1CCN1CCOCC1. The van der Waals surface area contributed by atoms with Crippen molar-refractivity contribution in [1.82, 2.24) is 14.8 Å². The molecule has 7 heteroatoms. The van der Waals surface area contributed by atoms with Gasteiger partial charge in [0.1, 0.15) is 16.8 Å². The second-order valence-electron chi connectivity index (χ2n) is 6.18. The Morgan fingerprint density at radius 3 is 2.83 bits per heavy atom. The molecule has 0 spiro atoms. The molecular weight excluding hydrogens is 324 g/mol. The first-order chi connectivity index (χ1) is 11.7. The molecule has 0 bridgehead atoms. The molecule has 2 aromatic rings. The number of nitrogens with one attached hydrogen (secondary N) is 1. The lowest BCUT2D eigenvalue weighted by atomic mass is 10.1. The number of carbonyl (C=O) groups is 1. The lowest BCUT2D eigenvalue weighted by Gasteiger charge is -2.28. The van der Waals surface area contributed by atoms with Gasteiger partial charge in [-0.3, -0.25) is 15.1 Å². The second kappa shape index (κ2) is 6.58. The molecule has 2 aliphatic rings. The number of carbonyl (C=O) groups excluding carboxylic acids is 1. The van der Waals surface area contributed by atoms with Gasteiger partial charge in [-0.15, -0.1) is 11.3 Å². The van der Waals surface area contributed by atoms with E-state index in [1.54, 1.807) is 0 Å². The van der Waals surface area contributed by atoms with Crippen LogP contribution in [-0.4, -0.2) is 72.3 Å². The molecule has 0 radical (unpaired) electrons. The van der Waals surface area contributed by atoms with E-state index in [9.17, 15) is 4.79 Å². The predicted molar refractivity (Wildman–Crippen MR) is 93.9 cm³/mol. The average molecular weight is 344 g/mol. The van der Waals surface area contributed by atoms with E-state index in [1.165, 1.54) is 11.3 Å². The van der Waals surface area contributed by atoms with E-state index in [2.05, 4.69) is 9.88 Å². The van der Waals surface area contributed by atoms with Crippen LogP contribution in [0.2, 0.25) is 0 Å². The van der Waals surface area contributed by atoms with E-state index in [0.29, 0.717) is 18.9 Å². The van der Waals surface area contributed by atoms with Gasteiger partial charge in [-0.1, -0.05) is 12.1 Å². The van der Waals surface area contributed by atoms with E-state index in [1.807, 2.05) is 29.2 Å². The molecule has 1 unspecified atom stereocenters. The van der Waals surface area contributed by atoms with Crippen molar-refractivity contribution in [1.29, 1.82) is 5.41 Å². The third kappa shape index (κ3) is 2.94. The van der Waals surface area contributed by atoms with Crippen LogP contribution in [0.25, 0.3) is 10.2 Å². The molecule has 126 valence electrons. The van der Waals surface area contributed by atoms with Crippen molar-refractivity contribution in [3.63, 3.8) is 0 Å². The molecule has 1 aromatic heterocycles. The summed E-state index contributed by atoms with van der Waals surface area (Å²) in [5.41, 5.74) is 0.907. The lowest BCUT2D eigenvalue weighted by molar-refractivity contribution is -0.117. The van der Waals surface area contributed by atoms with Gasteiger partial charge in [0.2, 0.25) is 0 Å². The monoisotopic (exact) mass is 344 g/mol. The summed E-state index contributed by atoms with van der Waals surface area (Å²) >= 11 is 1.52. The Morgan fingerprint density at radius 2 is 2.04 bits per heavy atom. The van der Waals surface area contributed by atoms with E-state index in [0.717, 1.165) is 48.1 Å². The van der Waals surface area contributed by atoms with Gasteiger partial charge >= 0.3 is 0 Å². The van der Waals surface area contributed by atoms with Gasteiger partial charge in [0.05, 0.1) is 30.0 Å². The van der Waals surface area contributed by atoms with E-state index >= 15 is 0 Å². The first-order valence-electron chi connectivity index (χ1n) is 8.24. The fraction of sp³-hybridized carbons (Fsp3) is 0.471. The van der Waals surface area contributed by atoms with Crippen LogP contribution in [0.5, 0.6) is 0 Å². The Balaban J connectivity index is 1.46. The number of amidine groups is 1. The highest BCUT2D eigenvalue weighted by atomic mass is 32.1. The van der Waals surface area contributed by atoms with Crippen molar-refractivity contribution in [2.75, 3.05) is 45.9 Å². The predicted octanol–water partition coefficient (Wildman–Crippen LogP) is 1.57. The van der Waals surface area contributed by atoms with Gasteiger partial charge in [0, 0.05) is 26.2 Å². The van der Waals surface area contributed by atoms with Crippen LogP contribution in [0.3, 0.4) is 0 Å². The summed E-state index contributed by atoms with van der Waals surface area (Å²) in [6.45, 7) is 5.30. The Morgan fingerprint density at radius 1 is 1.25 bits per heavy atom. The molecular formula is C17H20N4O2S. The Bertz CT molecular complexity index is 736. The molecule has 0 amide bonds. The molecule has 0 aliphatic carbocycles. The number of morpholine rings is 1. The van der Waals surface area contributed by atoms with Crippen LogP contribution in [0.15, 0.2) is 24.3 Å². The van der Waals surface area contributed by atoms with Gasteiger partial charge in [-0.25, -0.2) is 4.98 Å². The molecule has 0 saturated carbocycles. The summed E-state index contributed by atoms with van der Waals surface area (Å²) < 4.78 is 6.42. The van der Waals surface area contributed by atoms with Gasteiger partial charge in [0.25, 0.3) is 0 Å². The lowest BCUT2D eigenvalue weighted by Crippen LogP contribution is -2.42. The number of aromatic nitrogens is 1. The summed E-state index contributed by atoms with van der Waals surface area (Å²) in [4.78, 5) is 21.3. The van der Waals surface area contributed by atoms with Gasteiger partial charge in [-0.2, -0.15) is 0 Å². The zero-order chi connectivity index (χ0) is 16.5. The van der Waals surface area contributed by atoms with Crippen LogP contribution in [-0.2, 0) is 9.53 Å². The van der Waals surface area contributed by atoms with E-state index < -0.39 is 5.92 Å². The maximum atomic E-state index is 12.5. The molecule has 3 heterocycles. The van der Waals surface area contributed by atoms with Crippen LogP contribution in [0.1, 0.15) is 10.9 Å². The molecule has 2 aliphatic heterocycles. The molecule has 2 saturated heterocycles. The molecule has 6 nitrogen and oxygen atoms in total. The van der Waals surface area contributed by atoms with E-state index in [4.69, 9.17) is 10.1 Å². The number of Topliss-reactive ketones (excluding diaryl/α,β-unsaturated/α-hetero) is 1. The number of ketones is 1. The number of benzene rings is 1. The van der Waals surface area contributed by atoms with Crippen molar-refractivity contribution in [2.45, 2.75) is 5.92 Å². The van der Waals surface area contributed by atoms with Crippen LogP contribution in [0, 0.1) is 5.41 Å². The van der Waals surface area contributed by atoms with Crippen molar-refractivity contribution in [3.8, 4) is 0 Å². The maximum absolute atomic E-state index is 12.5. The highest BCUT2D eigenvalue weighted by Crippen LogP contribution is 2.32. The minimum Gasteiger partial charge on any atom is -0.379 e. The van der Waals surface area contributed by atoms with Crippen molar-refractivity contribution < 1.29 is 9.53 Å². The summed E-state index contributed by atoms with van der Waals surface area (Å²) in [6, 6.07) is 7.88. The smallest absolute Gasteiger partial charge is 0.169 e. The minimum atomic E-state index is -0.493. The fourth-order valence-corrected chi connectivity index (χ4v) is 4.35. The summed E-state index contributed by atoms with van der Waals surface area (Å²) in [5.74, 6) is -0.0135. The topological polar surface area (TPSA) is 69.5 Å². The third-order valence-electron chi connectivity index (χ3n) is 4.63. The standard InChI is InChI=1S/C17H20N4O2S/c18-16-15(17-19-12-3-1-2-4-14(12)24-17)13(22)11-21(16)6-5-20-7-9-23-10-8-20/h1-4,15,18H,5-11H2. The fourth-order valence-electron chi connectivity index (χ4n) is 3.25. The number of fused-ring (bicyclic) bond motifs is 1. The zero-order valence-corrected chi connectivity index (χ0v) is 14.2. The number of hydrogen-bond donors (Lipinski definition) is 1. The number of likely N-dealkylation sites (tertiary alicyclic amines) is 1. The Kier molecular flexibility index (Phi) is 4.30. The summed E-state index contributed by atoms with van der Waals surface area (Å²) in [6.07, 6.45) is 0. The van der Waals surface area contributed by atoms with Gasteiger partial charge in [-0.05, 0) is 12.1 Å². The molecule has 1 N–H and O–H groups in total. The number of para-hydroxylation sites is 1. The average Bonchev–Trinajstić information content (AvgIpc) is 3.14. The second-order valence-corrected chi connectivity index (χ2v) is 7.24. The number of rotatable bonds is 4. The van der Waals surface area contributed by atoms with Crippen molar-refractivity contribution in [2.24, 2.45) is 0 Å². The first kappa shape index (κ1) is 15.7. The number of nitrogens with zero attached hydrogens (tertiary/aromatic N) is 3. The van der Waals surface area contributed by atoms with Crippen LogP contribution in [0.4, 0.5) is 0 Å². The quantitative estimate of drug-likeness (QED) is 0.912. The normalized spacial score (nSPS) is 22.7. The van der Waals surface area contributed by atoms with Crippen molar-refractivity contribution >= 4 is 33.2 Å². The van der Waals surface area contributed by atoms with Crippen LogP contribution < -0.4 is 0 Å². The minimum absolute atomic E-state index is 0.0843.